The zero-order valence-electron chi connectivity index (χ0n) is 21.4. The van der Waals surface area contributed by atoms with Gasteiger partial charge >= 0.3 is 17.9 Å². The van der Waals surface area contributed by atoms with Gasteiger partial charge in [0, 0.05) is 16.7 Å². The molecule has 0 radical (unpaired) electrons. The van der Waals surface area contributed by atoms with E-state index < -0.39 is 11.9 Å². The van der Waals surface area contributed by atoms with Crippen LogP contribution in [0.3, 0.4) is 0 Å². The lowest BCUT2D eigenvalue weighted by Crippen LogP contribution is -2.06. The number of hydrogen-bond acceptors (Lipinski definition) is 4. The summed E-state index contributed by atoms with van der Waals surface area (Å²) < 4.78 is 4.27. The third-order valence-corrected chi connectivity index (χ3v) is 4.32. The number of carbonyl (C=O) groups excluding carboxylic acids is 1. The highest BCUT2D eigenvalue weighted by Gasteiger charge is 2.11. The molecule has 0 amide bonds. The Balaban J connectivity index is -0.000000397. The molecule has 1 aromatic rings. The predicted molar refractivity (Wildman–Crippen MR) is 141 cm³/mol. The summed E-state index contributed by atoms with van der Waals surface area (Å²) in [5.74, 6) is -1.63. The van der Waals surface area contributed by atoms with Crippen molar-refractivity contribution in [3.63, 3.8) is 0 Å². The normalized spacial score (nSPS) is 9.68. The molecule has 6 heteroatoms. The summed E-state index contributed by atoms with van der Waals surface area (Å²) >= 11 is 0. The molecule has 6 nitrogen and oxygen atoms in total. The summed E-state index contributed by atoms with van der Waals surface area (Å²) in [6, 6.07) is 10.0. The predicted octanol–water partition coefficient (Wildman–Crippen LogP) is 6.95. The van der Waals surface area contributed by atoms with Crippen LogP contribution in [0, 0.1) is 5.92 Å². The average molecular weight is 475 g/mol. The van der Waals surface area contributed by atoms with Crippen molar-refractivity contribution < 1.29 is 29.3 Å². The van der Waals surface area contributed by atoms with Crippen LogP contribution in [0.2, 0.25) is 0 Å². The van der Waals surface area contributed by atoms with E-state index in [1.54, 1.807) is 6.92 Å². The van der Waals surface area contributed by atoms with Gasteiger partial charge in [0.15, 0.2) is 0 Å². The summed E-state index contributed by atoms with van der Waals surface area (Å²) in [4.78, 5) is 30.3. The smallest absolute Gasteiger partial charge is 0.332 e. The van der Waals surface area contributed by atoms with Crippen LogP contribution in [0.1, 0.15) is 65.4 Å². The van der Waals surface area contributed by atoms with Crippen LogP contribution in [0.15, 0.2) is 73.4 Å². The van der Waals surface area contributed by atoms with Crippen LogP contribution in [0.25, 0.3) is 6.08 Å². The average Bonchev–Trinajstić information content (AvgIpc) is 2.82. The fraction of sp³-hybridized carbons (Fsp3) is 0.393. The first-order chi connectivity index (χ1) is 15.9. The molecule has 1 aromatic carbocycles. The second kappa shape index (κ2) is 22.8. The Hall–Kier alpha value is -3.41. The first-order valence-corrected chi connectivity index (χ1v) is 11.1. The quantitative estimate of drug-likeness (QED) is 0.281. The number of hydrogen-bond donors (Lipinski definition) is 2. The number of carbonyl (C=O) groups is 3. The number of rotatable bonds is 10. The van der Waals surface area contributed by atoms with Crippen LogP contribution in [-0.4, -0.2) is 35.2 Å². The highest BCUT2D eigenvalue weighted by Crippen LogP contribution is 2.20. The summed E-state index contributed by atoms with van der Waals surface area (Å²) in [6.45, 7) is 21.0. The zero-order chi connectivity index (χ0) is 27.1. The van der Waals surface area contributed by atoms with Gasteiger partial charge in [0.05, 0.1) is 7.11 Å². The van der Waals surface area contributed by atoms with Gasteiger partial charge < -0.3 is 14.9 Å². The van der Waals surface area contributed by atoms with Crippen molar-refractivity contribution in [1.29, 1.82) is 0 Å². The number of carboxylic acid groups (broad SMARTS) is 2. The van der Waals surface area contributed by atoms with E-state index in [2.05, 4.69) is 44.9 Å². The monoisotopic (exact) mass is 474 g/mol. The van der Waals surface area contributed by atoms with Gasteiger partial charge in [0.25, 0.3) is 0 Å². The van der Waals surface area contributed by atoms with Crippen LogP contribution in [0.5, 0.6) is 0 Å². The molecular formula is C28H42O6. The van der Waals surface area contributed by atoms with Crippen molar-refractivity contribution in [2.24, 2.45) is 5.92 Å². The second-order valence-corrected chi connectivity index (χ2v) is 7.50. The van der Waals surface area contributed by atoms with E-state index in [9.17, 15) is 14.4 Å². The lowest BCUT2D eigenvalue weighted by Gasteiger charge is -2.13. The fourth-order valence-electron chi connectivity index (χ4n) is 2.14. The standard InChI is InChI=1S/C11H20O2.C8H8.C5H8O2.C4H6O2/c1-4-6-7-10(5-2)8-9(3)11(12)13;1-2-8-6-4-3-5-7-8;1-4(2)5(6)7-3;1-3(2)4(5)6/h10H,3-8H2,1-2H3,(H,12,13);2-7H,1H2;1H2,2-3H3;1H2,2H3,(H,5,6). The minimum Gasteiger partial charge on any atom is -0.478 e. The molecule has 1 atom stereocenters. The van der Waals surface area contributed by atoms with Crippen molar-refractivity contribution in [3.8, 4) is 0 Å². The van der Waals surface area contributed by atoms with Gasteiger partial charge in [-0.25, -0.2) is 14.4 Å². The Bertz CT molecular complexity index is 765. The van der Waals surface area contributed by atoms with E-state index in [4.69, 9.17) is 10.2 Å². The summed E-state index contributed by atoms with van der Waals surface area (Å²) in [5, 5.41) is 16.5. The molecule has 1 rings (SSSR count). The number of carboxylic acids is 2. The van der Waals surface area contributed by atoms with Gasteiger partial charge in [-0.2, -0.15) is 0 Å². The number of methoxy groups -OCH3 is 1. The van der Waals surface area contributed by atoms with E-state index in [0.29, 0.717) is 23.5 Å². The van der Waals surface area contributed by atoms with Crippen molar-refractivity contribution in [3.05, 3.63) is 78.9 Å². The van der Waals surface area contributed by atoms with Crippen LogP contribution < -0.4 is 0 Å². The van der Waals surface area contributed by atoms with Crippen molar-refractivity contribution in [2.45, 2.75) is 59.8 Å². The lowest BCUT2D eigenvalue weighted by atomic mass is 9.92. The molecule has 1 unspecified atom stereocenters. The molecule has 0 aliphatic heterocycles. The number of aliphatic carboxylic acids is 2. The number of unbranched alkanes of at least 4 members (excludes halogenated alkanes) is 1. The maximum Gasteiger partial charge on any atom is 0.332 e. The zero-order valence-corrected chi connectivity index (χ0v) is 21.4. The third kappa shape index (κ3) is 23.3. The second-order valence-electron chi connectivity index (χ2n) is 7.50. The summed E-state index contributed by atoms with van der Waals surface area (Å²) in [5.41, 5.74) is 2.13. The molecule has 0 saturated carbocycles. The van der Waals surface area contributed by atoms with Crippen LogP contribution in [0.4, 0.5) is 0 Å². The molecule has 0 spiro atoms. The molecule has 34 heavy (non-hydrogen) atoms. The van der Waals surface area contributed by atoms with Gasteiger partial charge in [-0.05, 0) is 31.7 Å². The van der Waals surface area contributed by atoms with E-state index in [1.807, 2.05) is 36.4 Å². The topological polar surface area (TPSA) is 101 Å². The summed E-state index contributed by atoms with van der Waals surface area (Å²) in [6.07, 6.45) is 7.01. The Morgan fingerprint density at radius 1 is 0.971 bits per heavy atom. The van der Waals surface area contributed by atoms with E-state index in [1.165, 1.54) is 32.4 Å². The van der Waals surface area contributed by atoms with Gasteiger partial charge in [0.1, 0.15) is 0 Å². The minimum atomic E-state index is -0.935. The molecule has 0 aliphatic rings. The fourth-order valence-corrected chi connectivity index (χ4v) is 2.14. The molecule has 0 aromatic heterocycles. The van der Waals surface area contributed by atoms with E-state index in [0.717, 1.165) is 12.8 Å². The van der Waals surface area contributed by atoms with Gasteiger partial charge in [-0.15, -0.1) is 0 Å². The molecule has 0 saturated heterocycles. The van der Waals surface area contributed by atoms with Crippen LogP contribution in [-0.2, 0) is 19.1 Å². The van der Waals surface area contributed by atoms with Gasteiger partial charge in [-0.3, -0.25) is 0 Å². The van der Waals surface area contributed by atoms with Crippen molar-refractivity contribution in [1.82, 2.24) is 0 Å². The van der Waals surface area contributed by atoms with E-state index in [-0.39, 0.29) is 11.5 Å². The highest BCUT2D eigenvalue weighted by atomic mass is 16.5. The largest absolute Gasteiger partial charge is 0.478 e. The molecule has 2 N–H and O–H groups in total. The Morgan fingerprint density at radius 3 is 1.71 bits per heavy atom. The van der Waals surface area contributed by atoms with E-state index >= 15 is 0 Å². The number of esters is 1. The lowest BCUT2D eigenvalue weighted by molar-refractivity contribution is -0.136. The first kappa shape index (κ1) is 35.2. The van der Waals surface area contributed by atoms with Crippen LogP contribution >= 0.6 is 0 Å². The molecule has 0 aliphatic carbocycles. The van der Waals surface area contributed by atoms with Crippen molar-refractivity contribution >= 4 is 24.0 Å². The molecule has 0 fully saturated rings. The third-order valence-electron chi connectivity index (χ3n) is 4.32. The Labute approximate surface area is 205 Å². The maximum absolute atomic E-state index is 10.5. The molecule has 0 heterocycles. The summed E-state index contributed by atoms with van der Waals surface area (Å²) in [7, 11) is 1.33. The van der Waals surface area contributed by atoms with Gasteiger partial charge in [0.2, 0.25) is 0 Å². The van der Waals surface area contributed by atoms with Gasteiger partial charge in [-0.1, -0.05) is 102 Å². The SMILES string of the molecule is C=C(C)C(=O)O.C=C(C)C(=O)OC.C=C(CC(CC)CCCC)C(=O)O.C=Cc1ccccc1. The first-order valence-electron chi connectivity index (χ1n) is 11.1. The molecule has 190 valence electrons. The molecule has 0 bridgehead atoms. The maximum atomic E-state index is 10.5. The minimum absolute atomic E-state index is 0.176. The Kier molecular flexibility index (Phi) is 23.6. The number of ether oxygens (including phenoxy) is 1. The Morgan fingerprint density at radius 2 is 1.47 bits per heavy atom. The molecular weight excluding hydrogens is 432 g/mol. The highest BCUT2D eigenvalue weighted by molar-refractivity contribution is 5.86. The number of benzene rings is 1. The van der Waals surface area contributed by atoms with Crippen molar-refractivity contribution in [2.75, 3.05) is 7.11 Å².